The van der Waals surface area contributed by atoms with E-state index in [4.69, 9.17) is 0 Å². The number of rotatable bonds is 4. The molecule has 2 N–H and O–H groups in total. The topological polar surface area (TPSA) is 66.2 Å². The minimum atomic E-state index is -2.55. The number of hydrogen-bond donors (Lipinski definition) is 2. The van der Waals surface area contributed by atoms with Gasteiger partial charge in [0.1, 0.15) is 5.82 Å². The Bertz CT molecular complexity index is 817. The van der Waals surface area contributed by atoms with Gasteiger partial charge >= 0.3 is 0 Å². The maximum atomic E-state index is 13.4. The number of nitrogens with zero attached hydrogens (tertiary/aromatic N) is 4. The highest BCUT2D eigenvalue weighted by molar-refractivity contribution is 5.60. The van der Waals surface area contributed by atoms with Crippen molar-refractivity contribution in [1.29, 1.82) is 0 Å². The van der Waals surface area contributed by atoms with Crippen LogP contribution in [0.2, 0.25) is 0 Å². The summed E-state index contributed by atoms with van der Waals surface area (Å²) in [6.45, 7) is 4.81. The molecule has 8 heteroatoms. The van der Waals surface area contributed by atoms with E-state index < -0.39 is 11.5 Å². The van der Waals surface area contributed by atoms with E-state index in [0.29, 0.717) is 37.6 Å². The number of hydrogen-bond acceptors (Lipinski definition) is 5. The number of β-amino-alcohol motifs (C(OH)–C–C–N with tert-alkyl or cyclic N) is 1. The van der Waals surface area contributed by atoms with Crippen molar-refractivity contribution in [3.63, 3.8) is 0 Å². The minimum Gasteiger partial charge on any atom is -0.386 e. The highest BCUT2D eigenvalue weighted by Gasteiger charge is 2.37. The number of aliphatic hydroxyl groups is 1. The van der Waals surface area contributed by atoms with Crippen LogP contribution in [0.3, 0.4) is 0 Å². The van der Waals surface area contributed by atoms with Crippen molar-refractivity contribution in [3.05, 3.63) is 30.1 Å². The zero-order chi connectivity index (χ0) is 19.2. The number of aromatic nitrogens is 3. The number of aryl methyl sites for hydroxylation is 1. The van der Waals surface area contributed by atoms with E-state index in [1.165, 1.54) is 0 Å². The van der Waals surface area contributed by atoms with Gasteiger partial charge in [-0.3, -0.25) is 0 Å². The Hall–Kier alpha value is -2.22. The quantitative estimate of drug-likeness (QED) is 0.857. The summed E-state index contributed by atoms with van der Waals surface area (Å²) in [7, 11) is 0. The normalized spacial score (nSPS) is 21.7. The van der Waals surface area contributed by atoms with Crippen LogP contribution in [0.25, 0.3) is 5.82 Å². The molecule has 0 radical (unpaired) electrons. The van der Waals surface area contributed by atoms with Crippen molar-refractivity contribution in [2.45, 2.75) is 57.1 Å². The Kier molecular flexibility index (Phi) is 4.33. The van der Waals surface area contributed by atoms with E-state index in [-0.39, 0.29) is 18.9 Å². The zero-order valence-corrected chi connectivity index (χ0v) is 15.6. The van der Waals surface area contributed by atoms with Crippen molar-refractivity contribution in [1.82, 2.24) is 14.8 Å². The second kappa shape index (κ2) is 6.44. The lowest BCUT2D eigenvalue weighted by Gasteiger charge is -2.45. The predicted octanol–water partition coefficient (Wildman–Crippen LogP) is 3.14. The molecule has 27 heavy (non-hydrogen) atoms. The van der Waals surface area contributed by atoms with E-state index in [0.717, 1.165) is 11.4 Å². The van der Waals surface area contributed by atoms with Gasteiger partial charge in [-0.05, 0) is 32.8 Å². The standard InChI is InChI=1S/C19H25F2N5O/c1-13-5-8-26(24-13)17-10-15(25-11-18(2,27)12-25)9-16(23-17)22-14-3-6-19(20,21)7-4-14/h5,8-10,14,27H,3-4,6-7,11-12H2,1-2H3,(H,22,23). The van der Waals surface area contributed by atoms with E-state index in [1.54, 1.807) is 4.68 Å². The first kappa shape index (κ1) is 18.2. The maximum Gasteiger partial charge on any atom is 0.248 e. The summed E-state index contributed by atoms with van der Waals surface area (Å²) >= 11 is 0. The van der Waals surface area contributed by atoms with Gasteiger partial charge in [0, 0.05) is 56.0 Å². The van der Waals surface area contributed by atoms with Crippen LogP contribution in [0, 0.1) is 6.92 Å². The Morgan fingerprint density at radius 3 is 2.52 bits per heavy atom. The second-order valence-corrected chi connectivity index (χ2v) is 8.10. The van der Waals surface area contributed by atoms with Crippen LogP contribution < -0.4 is 10.2 Å². The third kappa shape index (κ3) is 4.05. The summed E-state index contributed by atoms with van der Waals surface area (Å²) in [5.41, 5.74) is 1.13. The molecule has 0 atom stereocenters. The summed E-state index contributed by atoms with van der Waals surface area (Å²) in [5.74, 6) is -1.23. The van der Waals surface area contributed by atoms with Gasteiger partial charge in [0.25, 0.3) is 0 Å². The van der Waals surface area contributed by atoms with E-state index in [2.05, 4.69) is 20.3 Å². The van der Waals surface area contributed by atoms with Crippen LogP contribution in [0.4, 0.5) is 20.3 Å². The highest BCUT2D eigenvalue weighted by Crippen LogP contribution is 2.35. The monoisotopic (exact) mass is 377 g/mol. The van der Waals surface area contributed by atoms with Gasteiger partial charge in [0.05, 0.1) is 11.3 Å². The van der Waals surface area contributed by atoms with Crippen molar-refractivity contribution >= 4 is 11.5 Å². The molecule has 0 bridgehead atoms. The predicted molar refractivity (Wildman–Crippen MR) is 99.8 cm³/mol. The molecule has 0 unspecified atom stereocenters. The molecule has 146 valence electrons. The molecule has 1 saturated carbocycles. The van der Waals surface area contributed by atoms with Gasteiger partial charge in [-0.25, -0.2) is 18.4 Å². The van der Waals surface area contributed by atoms with Crippen LogP contribution in [0.5, 0.6) is 0 Å². The summed E-state index contributed by atoms with van der Waals surface area (Å²) in [5, 5.41) is 17.8. The Morgan fingerprint density at radius 1 is 1.22 bits per heavy atom. The van der Waals surface area contributed by atoms with Crippen LogP contribution >= 0.6 is 0 Å². The number of halogens is 2. The molecule has 2 aromatic rings. The Labute approximate surface area is 157 Å². The van der Waals surface area contributed by atoms with Crippen molar-refractivity contribution in [2.75, 3.05) is 23.3 Å². The van der Waals surface area contributed by atoms with Gasteiger partial charge in [-0.2, -0.15) is 5.10 Å². The van der Waals surface area contributed by atoms with E-state index in [1.807, 2.05) is 38.2 Å². The molecule has 3 heterocycles. The van der Waals surface area contributed by atoms with Gasteiger partial charge < -0.3 is 15.3 Å². The van der Waals surface area contributed by atoms with Crippen molar-refractivity contribution in [3.8, 4) is 5.82 Å². The maximum absolute atomic E-state index is 13.4. The molecule has 1 saturated heterocycles. The molecule has 6 nitrogen and oxygen atoms in total. The minimum absolute atomic E-state index is 0.0147. The summed E-state index contributed by atoms with van der Waals surface area (Å²) < 4.78 is 28.5. The third-order valence-corrected chi connectivity index (χ3v) is 5.25. The lowest BCUT2D eigenvalue weighted by molar-refractivity contribution is -0.0361. The van der Waals surface area contributed by atoms with Crippen LogP contribution in [-0.4, -0.2) is 50.5 Å². The summed E-state index contributed by atoms with van der Waals surface area (Å²) in [6.07, 6.45) is 2.51. The molecule has 0 amide bonds. The Morgan fingerprint density at radius 2 is 1.93 bits per heavy atom. The third-order valence-electron chi connectivity index (χ3n) is 5.25. The zero-order valence-electron chi connectivity index (χ0n) is 15.6. The fourth-order valence-corrected chi connectivity index (χ4v) is 3.77. The fourth-order valence-electron chi connectivity index (χ4n) is 3.77. The van der Waals surface area contributed by atoms with Crippen LogP contribution in [0.15, 0.2) is 24.4 Å². The number of anilines is 2. The first-order valence-corrected chi connectivity index (χ1v) is 9.36. The lowest BCUT2D eigenvalue weighted by atomic mass is 9.92. The summed E-state index contributed by atoms with van der Waals surface area (Å²) in [6, 6.07) is 5.74. The molecule has 1 aliphatic carbocycles. The molecular formula is C19H25F2N5O. The summed E-state index contributed by atoms with van der Waals surface area (Å²) in [4.78, 5) is 6.71. The smallest absolute Gasteiger partial charge is 0.248 e. The molecule has 2 fully saturated rings. The van der Waals surface area contributed by atoms with Gasteiger partial charge in [-0.15, -0.1) is 0 Å². The molecule has 2 aliphatic rings. The van der Waals surface area contributed by atoms with Gasteiger partial charge in [-0.1, -0.05) is 0 Å². The van der Waals surface area contributed by atoms with Gasteiger partial charge in [0.15, 0.2) is 5.82 Å². The molecule has 0 spiro atoms. The average Bonchev–Trinajstić information content (AvgIpc) is 3.01. The number of pyridine rings is 1. The van der Waals surface area contributed by atoms with E-state index >= 15 is 0 Å². The van der Waals surface area contributed by atoms with Crippen molar-refractivity contribution < 1.29 is 13.9 Å². The molecule has 4 rings (SSSR count). The SMILES string of the molecule is Cc1ccn(-c2cc(N3CC(C)(O)C3)cc(NC3CCC(F)(F)CC3)n2)n1. The fraction of sp³-hybridized carbons (Fsp3) is 0.579. The van der Waals surface area contributed by atoms with E-state index in [9.17, 15) is 13.9 Å². The molecule has 0 aromatic carbocycles. The van der Waals surface area contributed by atoms with Crippen LogP contribution in [-0.2, 0) is 0 Å². The number of nitrogens with one attached hydrogen (secondary N) is 1. The lowest BCUT2D eigenvalue weighted by Crippen LogP contribution is -2.60. The first-order valence-electron chi connectivity index (χ1n) is 9.36. The second-order valence-electron chi connectivity index (χ2n) is 8.10. The highest BCUT2D eigenvalue weighted by atomic mass is 19.3. The average molecular weight is 377 g/mol. The van der Waals surface area contributed by atoms with Crippen molar-refractivity contribution in [2.24, 2.45) is 0 Å². The van der Waals surface area contributed by atoms with Gasteiger partial charge in [0.2, 0.25) is 5.92 Å². The molecule has 1 aliphatic heterocycles. The molecular weight excluding hydrogens is 352 g/mol. The largest absolute Gasteiger partial charge is 0.386 e. The first-order chi connectivity index (χ1) is 12.7. The molecule has 2 aromatic heterocycles. The Balaban J connectivity index is 1.58. The number of alkyl halides is 2. The van der Waals surface area contributed by atoms with Crippen LogP contribution in [0.1, 0.15) is 38.3 Å².